The number of carbonyl (C=O) groups is 1. The van der Waals surface area contributed by atoms with Gasteiger partial charge in [-0.2, -0.15) is 0 Å². The second kappa shape index (κ2) is 4.49. The van der Waals surface area contributed by atoms with Crippen molar-refractivity contribution < 1.29 is 14.6 Å². The van der Waals surface area contributed by atoms with Crippen molar-refractivity contribution in [1.82, 2.24) is 4.98 Å². The molecule has 0 radical (unpaired) electrons. The first-order chi connectivity index (χ1) is 7.66. The van der Waals surface area contributed by atoms with E-state index in [2.05, 4.69) is 10.3 Å². The fourth-order valence-electron chi connectivity index (χ4n) is 1.51. The molecule has 1 atom stereocenters. The summed E-state index contributed by atoms with van der Waals surface area (Å²) in [6, 6.07) is 3.53. The fraction of sp³-hybridized carbons (Fsp3) is 0.455. The minimum atomic E-state index is -0.999. The van der Waals surface area contributed by atoms with Gasteiger partial charge in [-0.3, -0.25) is 0 Å². The van der Waals surface area contributed by atoms with Gasteiger partial charge in [0.1, 0.15) is 5.82 Å². The maximum atomic E-state index is 10.9. The third-order valence-electron chi connectivity index (χ3n) is 2.60. The highest BCUT2D eigenvalue weighted by atomic mass is 16.5. The van der Waals surface area contributed by atoms with E-state index in [1.807, 2.05) is 0 Å². The van der Waals surface area contributed by atoms with Crippen LogP contribution in [0.5, 0.6) is 0 Å². The van der Waals surface area contributed by atoms with Gasteiger partial charge in [-0.1, -0.05) is 6.07 Å². The molecule has 2 N–H and O–H groups in total. The molecule has 1 aliphatic heterocycles. The molecule has 86 valence electrons. The van der Waals surface area contributed by atoms with Gasteiger partial charge in [0.25, 0.3) is 0 Å². The van der Waals surface area contributed by atoms with Gasteiger partial charge in [-0.15, -0.1) is 0 Å². The summed E-state index contributed by atoms with van der Waals surface area (Å²) in [5.41, 5.74) is 0.762. The van der Waals surface area contributed by atoms with Crippen LogP contribution in [0.25, 0.3) is 0 Å². The van der Waals surface area contributed by atoms with Crippen LogP contribution < -0.4 is 5.32 Å². The van der Waals surface area contributed by atoms with E-state index in [9.17, 15) is 4.79 Å². The van der Waals surface area contributed by atoms with Crippen molar-refractivity contribution in [1.29, 1.82) is 0 Å². The number of pyridine rings is 1. The predicted molar refractivity (Wildman–Crippen MR) is 58.8 cm³/mol. The Morgan fingerprint density at radius 1 is 1.69 bits per heavy atom. The highest BCUT2D eigenvalue weighted by molar-refractivity contribution is 5.87. The lowest BCUT2D eigenvalue weighted by Crippen LogP contribution is -2.33. The molecular weight excluding hydrogens is 208 g/mol. The van der Waals surface area contributed by atoms with E-state index in [-0.39, 0.29) is 11.8 Å². The molecule has 2 heterocycles. The van der Waals surface area contributed by atoms with Crippen LogP contribution in [-0.4, -0.2) is 35.3 Å². The molecule has 1 aliphatic rings. The number of hydrogen-bond acceptors (Lipinski definition) is 4. The molecule has 0 saturated carbocycles. The third kappa shape index (κ3) is 2.30. The SMILES string of the molecule is Cc1ccc(NC[C@@H]2CCO2)nc1C(=O)O. The van der Waals surface area contributed by atoms with E-state index in [0.29, 0.717) is 17.9 Å². The van der Waals surface area contributed by atoms with Gasteiger partial charge < -0.3 is 15.2 Å². The van der Waals surface area contributed by atoms with Crippen LogP contribution in [0, 0.1) is 6.92 Å². The van der Waals surface area contributed by atoms with Crippen molar-refractivity contribution in [3.63, 3.8) is 0 Å². The average molecular weight is 222 g/mol. The summed E-state index contributed by atoms with van der Waals surface area (Å²) in [7, 11) is 0. The van der Waals surface area contributed by atoms with Crippen molar-refractivity contribution in [2.45, 2.75) is 19.4 Å². The number of anilines is 1. The Morgan fingerprint density at radius 3 is 3.00 bits per heavy atom. The number of aromatic carboxylic acids is 1. The van der Waals surface area contributed by atoms with Gasteiger partial charge in [0.2, 0.25) is 0 Å². The summed E-state index contributed by atoms with van der Waals surface area (Å²) in [5, 5.41) is 12.0. The molecule has 5 heteroatoms. The van der Waals surface area contributed by atoms with Gasteiger partial charge in [-0.05, 0) is 25.0 Å². The molecule has 1 aromatic heterocycles. The van der Waals surface area contributed by atoms with Gasteiger partial charge >= 0.3 is 5.97 Å². The van der Waals surface area contributed by atoms with Crippen LogP contribution in [0.15, 0.2) is 12.1 Å². The van der Waals surface area contributed by atoms with E-state index in [1.54, 1.807) is 19.1 Å². The first-order valence-electron chi connectivity index (χ1n) is 5.23. The second-order valence-electron chi connectivity index (χ2n) is 3.83. The Bertz CT molecular complexity index is 402. The zero-order chi connectivity index (χ0) is 11.5. The van der Waals surface area contributed by atoms with Crippen LogP contribution in [0.3, 0.4) is 0 Å². The van der Waals surface area contributed by atoms with E-state index in [4.69, 9.17) is 9.84 Å². The predicted octanol–water partition coefficient (Wildman–Crippen LogP) is 1.29. The maximum absolute atomic E-state index is 10.9. The van der Waals surface area contributed by atoms with Crippen molar-refractivity contribution >= 4 is 11.8 Å². The first-order valence-corrected chi connectivity index (χ1v) is 5.23. The topological polar surface area (TPSA) is 71.5 Å². The number of carboxylic acids is 1. The summed E-state index contributed by atoms with van der Waals surface area (Å²) in [6.07, 6.45) is 1.28. The highest BCUT2D eigenvalue weighted by Crippen LogP contribution is 2.14. The van der Waals surface area contributed by atoms with Gasteiger partial charge in [0.05, 0.1) is 6.10 Å². The molecule has 16 heavy (non-hydrogen) atoms. The lowest BCUT2D eigenvalue weighted by atomic mass is 10.2. The largest absolute Gasteiger partial charge is 0.477 e. The normalized spacial score (nSPS) is 18.9. The summed E-state index contributed by atoms with van der Waals surface area (Å²) in [6.45, 7) is 3.22. The summed E-state index contributed by atoms with van der Waals surface area (Å²) < 4.78 is 5.25. The molecule has 1 aromatic rings. The van der Waals surface area contributed by atoms with E-state index in [1.165, 1.54) is 0 Å². The number of nitrogens with zero attached hydrogens (tertiary/aromatic N) is 1. The summed E-state index contributed by atoms with van der Waals surface area (Å²) in [4.78, 5) is 14.9. The van der Waals surface area contributed by atoms with E-state index >= 15 is 0 Å². The Labute approximate surface area is 93.5 Å². The lowest BCUT2D eigenvalue weighted by Gasteiger charge is -2.26. The number of aromatic nitrogens is 1. The molecule has 0 amide bonds. The number of aryl methyl sites for hydroxylation is 1. The summed E-state index contributed by atoms with van der Waals surface area (Å²) in [5.74, 6) is -0.417. The number of hydrogen-bond donors (Lipinski definition) is 2. The van der Waals surface area contributed by atoms with Crippen LogP contribution in [0.1, 0.15) is 22.5 Å². The zero-order valence-corrected chi connectivity index (χ0v) is 9.06. The smallest absolute Gasteiger partial charge is 0.354 e. The molecule has 5 nitrogen and oxygen atoms in total. The maximum Gasteiger partial charge on any atom is 0.354 e. The molecule has 0 unspecified atom stereocenters. The highest BCUT2D eigenvalue weighted by Gasteiger charge is 2.18. The molecule has 0 aromatic carbocycles. The Morgan fingerprint density at radius 2 is 2.44 bits per heavy atom. The number of rotatable bonds is 4. The van der Waals surface area contributed by atoms with Gasteiger partial charge in [0.15, 0.2) is 5.69 Å². The zero-order valence-electron chi connectivity index (χ0n) is 9.06. The Balaban J connectivity index is 2.03. The Hall–Kier alpha value is -1.62. The standard InChI is InChI=1S/C11H14N2O3/c1-7-2-3-9(13-10(7)11(14)15)12-6-8-4-5-16-8/h2-3,8H,4-6H2,1H3,(H,12,13)(H,14,15)/t8-/m0/s1. The monoisotopic (exact) mass is 222 g/mol. The lowest BCUT2D eigenvalue weighted by molar-refractivity contribution is -0.0410. The molecule has 1 fully saturated rings. The molecule has 0 spiro atoms. The van der Waals surface area contributed by atoms with Crippen molar-refractivity contribution in [3.05, 3.63) is 23.4 Å². The van der Waals surface area contributed by atoms with Gasteiger partial charge in [-0.25, -0.2) is 9.78 Å². The summed E-state index contributed by atoms with van der Waals surface area (Å²) >= 11 is 0. The van der Waals surface area contributed by atoms with Crippen LogP contribution in [0.4, 0.5) is 5.82 Å². The van der Waals surface area contributed by atoms with Crippen LogP contribution >= 0.6 is 0 Å². The fourth-order valence-corrected chi connectivity index (χ4v) is 1.51. The van der Waals surface area contributed by atoms with E-state index in [0.717, 1.165) is 13.0 Å². The molecule has 0 bridgehead atoms. The molecular formula is C11H14N2O3. The van der Waals surface area contributed by atoms with Crippen molar-refractivity contribution in [2.75, 3.05) is 18.5 Å². The molecule has 2 rings (SSSR count). The van der Waals surface area contributed by atoms with Gasteiger partial charge in [0, 0.05) is 13.2 Å². The first kappa shape index (κ1) is 10.9. The number of nitrogens with one attached hydrogen (secondary N) is 1. The number of carboxylic acid groups (broad SMARTS) is 1. The molecule has 1 saturated heterocycles. The minimum Gasteiger partial charge on any atom is -0.477 e. The second-order valence-corrected chi connectivity index (χ2v) is 3.83. The van der Waals surface area contributed by atoms with Crippen LogP contribution in [0.2, 0.25) is 0 Å². The minimum absolute atomic E-state index is 0.0968. The third-order valence-corrected chi connectivity index (χ3v) is 2.60. The molecule has 0 aliphatic carbocycles. The number of ether oxygens (including phenoxy) is 1. The average Bonchev–Trinajstić information content (AvgIpc) is 2.17. The van der Waals surface area contributed by atoms with Crippen LogP contribution in [-0.2, 0) is 4.74 Å². The van der Waals surface area contributed by atoms with Crippen molar-refractivity contribution in [3.8, 4) is 0 Å². The van der Waals surface area contributed by atoms with Crippen molar-refractivity contribution in [2.24, 2.45) is 0 Å². The van der Waals surface area contributed by atoms with E-state index < -0.39 is 5.97 Å². The Kier molecular flexibility index (Phi) is 3.05. The quantitative estimate of drug-likeness (QED) is 0.803.